The van der Waals surface area contributed by atoms with Crippen LogP contribution in [0.2, 0.25) is 0 Å². The molecule has 0 N–H and O–H groups in total. The summed E-state index contributed by atoms with van der Waals surface area (Å²) in [6, 6.07) is 9.72. The fourth-order valence-electron chi connectivity index (χ4n) is 2.61. The SMILES string of the molecule is CCCCCCCOC(=O)CCCC(=O)OC(CC)c1ccccc1. The van der Waals surface area contributed by atoms with Crippen LogP contribution in [0.3, 0.4) is 0 Å². The third kappa shape index (κ3) is 9.90. The number of benzene rings is 1. The Bertz CT molecular complexity index is 484. The first-order chi connectivity index (χ1) is 12.2. The lowest BCUT2D eigenvalue weighted by atomic mass is 10.1. The van der Waals surface area contributed by atoms with Gasteiger partial charge in [-0.05, 0) is 24.8 Å². The molecule has 0 aliphatic heterocycles. The summed E-state index contributed by atoms with van der Waals surface area (Å²) in [5.74, 6) is -0.485. The molecule has 1 aromatic rings. The zero-order valence-electron chi connectivity index (χ0n) is 15.7. The number of hydrogen-bond donors (Lipinski definition) is 0. The van der Waals surface area contributed by atoms with E-state index in [9.17, 15) is 9.59 Å². The molecule has 0 spiro atoms. The smallest absolute Gasteiger partial charge is 0.306 e. The number of carbonyl (C=O) groups is 2. The van der Waals surface area contributed by atoms with Crippen LogP contribution >= 0.6 is 0 Å². The van der Waals surface area contributed by atoms with Crippen LogP contribution in [-0.2, 0) is 19.1 Å². The lowest BCUT2D eigenvalue weighted by Crippen LogP contribution is -2.12. The molecule has 25 heavy (non-hydrogen) atoms. The van der Waals surface area contributed by atoms with Crippen LogP contribution in [0.1, 0.15) is 83.3 Å². The fourth-order valence-corrected chi connectivity index (χ4v) is 2.61. The molecule has 0 fully saturated rings. The van der Waals surface area contributed by atoms with Crippen LogP contribution in [0.15, 0.2) is 30.3 Å². The Morgan fingerprint density at radius 3 is 2.24 bits per heavy atom. The van der Waals surface area contributed by atoms with Crippen molar-refractivity contribution in [1.82, 2.24) is 0 Å². The number of rotatable bonds is 13. The number of unbranched alkanes of at least 4 members (excludes halogenated alkanes) is 4. The summed E-state index contributed by atoms with van der Waals surface area (Å²) in [6.45, 7) is 4.65. The number of hydrogen-bond acceptors (Lipinski definition) is 4. The average molecular weight is 348 g/mol. The predicted molar refractivity (Wildman–Crippen MR) is 99.1 cm³/mol. The molecular formula is C21H32O4. The third-order valence-corrected chi connectivity index (χ3v) is 4.09. The van der Waals surface area contributed by atoms with Crippen molar-refractivity contribution in [3.05, 3.63) is 35.9 Å². The highest BCUT2D eigenvalue weighted by atomic mass is 16.5. The lowest BCUT2D eigenvalue weighted by Gasteiger charge is -2.16. The molecule has 0 aliphatic carbocycles. The minimum absolute atomic E-state index is 0.219. The maximum Gasteiger partial charge on any atom is 0.306 e. The van der Waals surface area contributed by atoms with Gasteiger partial charge in [-0.2, -0.15) is 0 Å². The van der Waals surface area contributed by atoms with E-state index >= 15 is 0 Å². The van der Waals surface area contributed by atoms with E-state index in [1.54, 1.807) is 0 Å². The topological polar surface area (TPSA) is 52.6 Å². The third-order valence-electron chi connectivity index (χ3n) is 4.09. The maximum atomic E-state index is 12.0. The first kappa shape index (κ1) is 21.2. The quantitative estimate of drug-likeness (QED) is 0.355. The second-order valence-corrected chi connectivity index (χ2v) is 6.29. The van der Waals surface area contributed by atoms with Gasteiger partial charge in [0.25, 0.3) is 0 Å². The molecule has 1 atom stereocenters. The Balaban J connectivity index is 2.14. The van der Waals surface area contributed by atoms with Crippen LogP contribution < -0.4 is 0 Å². The van der Waals surface area contributed by atoms with Crippen molar-refractivity contribution in [2.24, 2.45) is 0 Å². The van der Waals surface area contributed by atoms with Crippen molar-refractivity contribution in [1.29, 1.82) is 0 Å². The molecule has 0 heterocycles. The Morgan fingerprint density at radius 2 is 1.56 bits per heavy atom. The number of ether oxygens (including phenoxy) is 2. The Labute approximate surface area is 151 Å². The molecule has 1 aromatic carbocycles. The molecule has 0 aromatic heterocycles. The van der Waals surface area contributed by atoms with Gasteiger partial charge in [0.05, 0.1) is 6.61 Å². The highest BCUT2D eigenvalue weighted by Gasteiger charge is 2.15. The first-order valence-electron chi connectivity index (χ1n) is 9.57. The van der Waals surface area contributed by atoms with Gasteiger partial charge in [0.15, 0.2) is 0 Å². The zero-order valence-corrected chi connectivity index (χ0v) is 15.7. The summed E-state index contributed by atoms with van der Waals surface area (Å²) < 4.78 is 10.7. The molecule has 0 radical (unpaired) electrons. The minimum Gasteiger partial charge on any atom is -0.466 e. The highest BCUT2D eigenvalue weighted by molar-refractivity contribution is 5.72. The van der Waals surface area contributed by atoms with E-state index in [1.165, 1.54) is 19.3 Å². The van der Waals surface area contributed by atoms with Gasteiger partial charge in [-0.3, -0.25) is 9.59 Å². The monoisotopic (exact) mass is 348 g/mol. The van der Waals surface area contributed by atoms with Crippen molar-refractivity contribution >= 4 is 11.9 Å². The molecule has 1 unspecified atom stereocenters. The van der Waals surface area contributed by atoms with Crippen LogP contribution in [0.5, 0.6) is 0 Å². The van der Waals surface area contributed by atoms with E-state index < -0.39 is 0 Å². The number of esters is 2. The zero-order chi connectivity index (χ0) is 18.3. The van der Waals surface area contributed by atoms with E-state index in [-0.39, 0.29) is 30.9 Å². The molecule has 0 bridgehead atoms. The standard InChI is InChI=1S/C21H32O4/c1-3-5-6-7-11-17-24-20(22)15-12-16-21(23)25-19(4-2)18-13-9-8-10-14-18/h8-10,13-14,19H,3-7,11-12,15-17H2,1-2H3. The van der Waals surface area contributed by atoms with Crippen LogP contribution in [0, 0.1) is 0 Å². The van der Waals surface area contributed by atoms with Crippen molar-refractivity contribution in [2.45, 2.75) is 77.7 Å². The summed E-state index contributed by atoms with van der Waals surface area (Å²) in [5.41, 5.74) is 1.00. The van der Waals surface area contributed by atoms with E-state index in [4.69, 9.17) is 9.47 Å². The van der Waals surface area contributed by atoms with Gasteiger partial charge in [-0.25, -0.2) is 0 Å². The van der Waals surface area contributed by atoms with Gasteiger partial charge in [-0.15, -0.1) is 0 Å². The maximum absolute atomic E-state index is 12.0. The molecule has 4 heteroatoms. The second kappa shape index (κ2) is 13.5. The van der Waals surface area contributed by atoms with E-state index in [0.717, 1.165) is 24.8 Å². The Kier molecular flexibility index (Phi) is 11.4. The van der Waals surface area contributed by atoms with Crippen molar-refractivity contribution in [3.63, 3.8) is 0 Å². The molecular weight excluding hydrogens is 316 g/mol. The summed E-state index contributed by atoms with van der Waals surface area (Å²) in [7, 11) is 0. The molecule has 0 saturated carbocycles. The van der Waals surface area contributed by atoms with E-state index in [0.29, 0.717) is 13.0 Å². The number of carbonyl (C=O) groups excluding carboxylic acids is 2. The van der Waals surface area contributed by atoms with Gasteiger partial charge in [0.1, 0.15) is 6.10 Å². The first-order valence-corrected chi connectivity index (χ1v) is 9.57. The van der Waals surface area contributed by atoms with E-state index in [1.807, 2.05) is 37.3 Å². The molecule has 1 rings (SSSR count). The van der Waals surface area contributed by atoms with Crippen molar-refractivity contribution < 1.29 is 19.1 Å². The second-order valence-electron chi connectivity index (χ2n) is 6.29. The van der Waals surface area contributed by atoms with Gasteiger partial charge in [0, 0.05) is 12.8 Å². The summed E-state index contributed by atoms with van der Waals surface area (Å²) in [6.07, 6.45) is 7.16. The van der Waals surface area contributed by atoms with Crippen LogP contribution in [0.4, 0.5) is 0 Å². The van der Waals surface area contributed by atoms with Gasteiger partial charge in [0.2, 0.25) is 0 Å². The van der Waals surface area contributed by atoms with Gasteiger partial charge >= 0.3 is 11.9 Å². The fraction of sp³-hybridized carbons (Fsp3) is 0.619. The molecule has 4 nitrogen and oxygen atoms in total. The Morgan fingerprint density at radius 1 is 0.880 bits per heavy atom. The average Bonchev–Trinajstić information content (AvgIpc) is 2.63. The van der Waals surface area contributed by atoms with E-state index in [2.05, 4.69) is 6.92 Å². The molecule has 0 amide bonds. The van der Waals surface area contributed by atoms with Crippen LogP contribution in [-0.4, -0.2) is 18.5 Å². The van der Waals surface area contributed by atoms with Crippen molar-refractivity contribution in [2.75, 3.05) is 6.61 Å². The van der Waals surface area contributed by atoms with Crippen molar-refractivity contribution in [3.8, 4) is 0 Å². The van der Waals surface area contributed by atoms with Gasteiger partial charge < -0.3 is 9.47 Å². The van der Waals surface area contributed by atoms with Crippen LogP contribution in [0.25, 0.3) is 0 Å². The Hall–Kier alpha value is -1.84. The lowest BCUT2D eigenvalue weighted by molar-refractivity contribution is -0.150. The molecule has 0 aliphatic rings. The largest absolute Gasteiger partial charge is 0.466 e. The summed E-state index contributed by atoms with van der Waals surface area (Å²) >= 11 is 0. The molecule has 0 saturated heterocycles. The highest BCUT2D eigenvalue weighted by Crippen LogP contribution is 2.21. The summed E-state index contributed by atoms with van der Waals surface area (Å²) in [4.78, 5) is 23.6. The summed E-state index contributed by atoms with van der Waals surface area (Å²) in [5, 5.41) is 0. The molecule has 140 valence electrons. The van der Waals surface area contributed by atoms with Gasteiger partial charge in [-0.1, -0.05) is 69.9 Å². The minimum atomic E-state index is -0.261. The predicted octanol–water partition coefficient (Wildman–Crippen LogP) is 5.36. The normalized spacial score (nSPS) is 11.8.